The Kier molecular flexibility index (Phi) is 4.37. The molecule has 3 rings (SSSR count). The summed E-state index contributed by atoms with van der Waals surface area (Å²) < 4.78 is 7.95. The number of carbonyl (C=O) groups excluding carboxylic acids is 1. The number of hydrogen-bond donors (Lipinski definition) is 0. The van der Waals surface area contributed by atoms with E-state index in [9.17, 15) is 9.90 Å². The number of nitrogens with zero attached hydrogens (tertiary/aromatic N) is 2. The molecule has 2 aromatic carbocycles. The van der Waals surface area contributed by atoms with Crippen molar-refractivity contribution in [2.75, 3.05) is 6.61 Å². The van der Waals surface area contributed by atoms with Crippen molar-refractivity contribution in [2.24, 2.45) is 0 Å². The standard InChI is InChI=1S/C18H18N2O3/c1-2-20-14-8-4-3-7-13(14)19-18-15(20)9-5-10-16(18)23-12-6-11-17(21)22/h3-5,7-10H,2,6,11-12H2,1H3. The van der Waals surface area contributed by atoms with Gasteiger partial charge in [-0.3, -0.25) is 0 Å². The molecule has 0 saturated carbocycles. The zero-order chi connectivity index (χ0) is 16.2. The number of fused-ring (bicyclic) bond motifs is 2. The van der Waals surface area contributed by atoms with Crippen molar-refractivity contribution in [3.63, 3.8) is 0 Å². The van der Waals surface area contributed by atoms with E-state index in [1.54, 1.807) is 0 Å². The molecule has 0 aliphatic heterocycles. The molecule has 0 radical (unpaired) electrons. The molecule has 0 N–H and O–H groups in total. The number of aromatic nitrogens is 2. The number of aliphatic carboxylic acids is 1. The molecule has 0 amide bonds. The lowest BCUT2D eigenvalue weighted by molar-refractivity contribution is -0.641. The summed E-state index contributed by atoms with van der Waals surface area (Å²) >= 11 is 0. The van der Waals surface area contributed by atoms with Crippen molar-refractivity contribution < 1.29 is 19.2 Å². The largest absolute Gasteiger partial charge is 0.550 e. The minimum atomic E-state index is -1.06. The van der Waals surface area contributed by atoms with E-state index in [2.05, 4.69) is 17.6 Å². The van der Waals surface area contributed by atoms with Crippen LogP contribution in [0.3, 0.4) is 0 Å². The highest BCUT2D eigenvalue weighted by Crippen LogP contribution is 2.24. The van der Waals surface area contributed by atoms with E-state index in [1.807, 2.05) is 36.4 Å². The number of carboxylic acid groups (broad SMARTS) is 1. The molecule has 0 bridgehead atoms. The summed E-state index contributed by atoms with van der Waals surface area (Å²) in [7, 11) is 0. The number of hydrogen-bond acceptors (Lipinski definition) is 4. The van der Waals surface area contributed by atoms with Gasteiger partial charge in [0.05, 0.1) is 6.61 Å². The van der Waals surface area contributed by atoms with Crippen LogP contribution in [0.15, 0.2) is 42.5 Å². The van der Waals surface area contributed by atoms with Gasteiger partial charge in [-0.15, -0.1) is 0 Å². The first-order valence-electron chi connectivity index (χ1n) is 7.74. The maximum atomic E-state index is 10.5. The highest BCUT2D eigenvalue weighted by Gasteiger charge is 2.17. The monoisotopic (exact) mass is 310 g/mol. The average Bonchev–Trinajstić information content (AvgIpc) is 2.56. The van der Waals surface area contributed by atoms with Crippen molar-refractivity contribution in [1.82, 2.24) is 4.98 Å². The van der Waals surface area contributed by atoms with Crippen LogP contribution < -0.4 is 14.4 Å². The van der Waals surface area contributed by atoms with Crippen LogP contribution >= 0.6 is 0 Å². The summed E-state index contributed by atoms with van der Waals surface area (Å²) in [5.41, 5.74) is 3.79. The van der Waals surface area contributed by atoms with E-state index in [1.165, 1.54) is 0 Å². The lowest BCUT2D eigenvalue weighted by atomic mass is 10.2. The summed E-state index contributed by atoms with van der Waals surface area (Å²) in [6, 6.07) is 13.8. The van der Waals surface area contributed by atoms with Gasteiger partial charge in [-0.2, -0.15) is 4.57 Å². The quantitative estimate of drug-likeness (QED) is 0.394. The lowest BCUT2D eigenvalue weighted by Crippen LogP contribution is -2.34. The molecular formula is C18H18N2O3. The van der Waals surface area contributed by atoms with Gasteiger partial charge in [0, 0.05) is 18.1 Å². The fourth-order valence-electron chi connectivity index (χ4n) is 2.73. The van der Waals surface area contributed by atoms with Crippen molar-refractivity contribution in [1.29, 1.82) is 0 Å². The summed E-state index contributed by atoms with van der Waals surface area (Å²) in [4.78, 5) is 15.2. The van der Waals surface area contributed by atoms with Gasteiger partial charge in [-0.1, -0.05) is 18.2 Å². The van der Waals surface area contributed by atoms with Gasteiger partial charge < -0.3 is 14.6 Å². The average molecular weight is 310 g/mol. The molecule has 0 spiro atoms. The Bertz CT molecular complexity index is 861. The molecule has 1 heterocycles. The number of carbonyl (C=O) groups is 1. The summed E-state index contributed by atoms with van der Waals surface area (Å²) in [5.74, 6) is -0.381. The Hall–Kier alpha value is -2.69. The minimum absolute atomic E-state index is 0.00388. The third kappa shape index (κ3) is 3.08. The van der Waals surface area contributed by atoms with Gasteiger partial charge in [0.1, 0.15) is 12.1 Å². The van der Waals surface area contributed by atoms with Crippen molar-refractivity contribution in [3.05, 3.63) is 42.5 Å². The first kappa shape index (κ1) is 15.2. The lowest BCUT2D eigenvalue weighted by Gasteiger charge is -2.09. The van der Waals surface area contributed by atoms with Crippen LogP contribution in [-0.4, -0.2) is 17.6 Å². The number of rotatable bonds is 6. The molecule has 1 aromatic heterocycles. The Morgan fingerprint density at radius 3 is 2.74 bits per heavy atom. The van der Waals surface area contributed by atoms with Crippen LogP contribution in [0.25, 0.3) is 22.1 Å². The molecule has 0 saturated heterocycles. The van der Waals surface area contributed by atoms with Crippen LogP contribution in [0.1, 0.15) is 19.8 Å². The third-order valence-corrected chi connectivity index (χ3v) is 3.77. The maximum absolute atomic E-state index is 10.5. The van der Waals surface area contributed by atoms with Gasteiger partial charge >= 0.3 is 0 Å². The van der Waals surface area contributed by atoms with Gasteiger partial charge in [0.15, 0.2) is 11.3 Å². The van der Waals surface area contributed by atoms with Crippen molar-refractivity contribution in [3.8, 4) is 5.75 Å². The molecule has 23 heavy (non-hydrogen) atoms. The van der Waals surface area contributed by atoms with Crippen molar-refractivity contribution >= 4 is 28.0 Å². The fourth-order valence-corrected chi connectivity index (χ4v) is 2.73. The van der Waals surface area contributed by atoms with Crippen LogP contribution in [-0.2, 0) is 11.3 Å². The Morgan fingerprint density at radius 1 is 1.17 bits per heavy atom. The Balaban J connectivity index is 2.03. The Morgan fingerprint density at radius 2 is 1.96 bits per heavy atom. The highest BCUT2D eigenvalue weighted by molar-refractivity contribution is 5.85. The number of para-hydroxylation sites is 3. The summed E-state index contributed by atoms with van der Waals surface area (Å²) in [6.07, 6.45) is 0.413. The smallest absolute Gasteiger partial charge is 0.235 e. The number of aryl methyl sites for hydroxylation is 1. The molecule has 118 valence electrons. The van der Waals surface area contributed by atoms with E-state index >= 15 is 0 Å². The van der Waals surface area contributed by atoms with E-state index in [0.29, 0.717) is 18.8 Å². The zero-order valence-electron chi connectivity index (χ0n) is 13.0. The SMILES string of the molecule is CC[n+]1c2ccccc2nc2c(OCCCC(=O)[O-])cccc21. The molecule has 5 nitrogen and oxygen atoms in total. The molecule has 0 aliphatic carbocycles. The second kappa shape index (κ2) is 6.60. The van der Waals surface area contributed by atoms with Crippen LogP contribution in [0.5, 0.6) is 5.75 Å². The Labute approximate surface area is 134 Å². The maximum Gasteiger partial charge on any atom is 0.235 e. The van der Waals surface area contributed by atoms with Crippen molar-refractivity contribution in [2.45, 2.75) is 26.3 Å². The molecule has 0 fully saturated rings. The predicted molar refractivity (Wildman–Crippen MR) is 84.9 cm³/mol. The molecule has 5 heteroatoms. The fraction of sp³-hybridized carbons (Fsp3) is 0.278. The molecule has 0 aliphatic rings. The van der Waals surface area contributed by atoms with Gasteiger partial charge in [-0.25, -0.2) is 4.98 Å². The van der Waals surface area contributed by atoms with Crippen LogP contribution in [0.2, 0.25) is 0 Å². The number of ether oxygens (including phenoxy) is 1. The minimum Gasteiger partial charge on any atom is -0.550 e. The van der Waals surface area contributed by atoms with E-state index in [0.717, 1.165) is 28.6 Å². The molecule has 0 atom stereocenters. The normalized spacial score (nSPS) is 11.0. The molecule has 3 aromatic rings. The van der Waals surface area contributed by atoms with Gasteiger partial charge in [-0.05, 0) is 31.9 Å². The number of carboxylic acids is 1. The topological polar surface area (TPSA) is 66.1 Å². The predicted octanol–water partition coefficient (Wildman–Crippen LogP) is 1.60. The first-order valence-corrected chi connectivity index (χ1v) is 7.74. The third-order valence-electron chi connectivity index (χ3n) is 3.77. The van der Waals surface area contributed by atoms with E-state index in [4.69, 9.17) is 9.72 Å². The van der Waals surface area contributed by atoms with Gasteiger partial charge in [0.25, 0.3) is 0 Å². The summed E-state index contributed by atoms with van der Waals surface area (Å²) in [5, 5.41) is 10.5. The highest BCUT2D eigenvalue weighted by atomic mass is 16.5. The molecule has 0 unspecified atom stereocenters. The second-order valence-electron chi connectivity index (χ2n) is 5.29. The van der Waals surface area contributed by atoms with Crippen LogP contribution in [0.4, 0.5) is 0 Å². The first-order chi connectivity index (χ1) is 11.2. The van der Waals surface area contributed by atoms with E-state index in [-0.39, 0.29) is 6.42 Å². The van der Waals surface area contributed by atoms with Gasteiger partial charge in [0.2, 0.25) is 11.0 Å². The zero-order valence-corrected chi connectivity index (χ0v) is 13.0. The van der Waals surface area contributed by atoms with Crippen LogP contribution in [0, 0.1) is 0 Å². The second-order valence-corrected chi connectivity index (χ2v) is 5.29. The van der Waals surface area contributed by atoms with E-state index < -0.39 is 5.97 Å². The summed E-state index contributed by atoms with van der Waals surface area (Å²) in [6.45, 7) is 3.25. The molecular weight excluding hydrogens is 292 g/mol. The number of benzene rings is 2.